The summed E-state index contributed by atoms with van der Waals surface area (Å²) in [4.78, 5) is 0. The smallest absolute Gasteiger partial charge is 0.0462 e. The number of aliphatic hydroxyl groups is 2. The second-order valence-corrected chi connectivity index (χ2v) is 3.85. The van der Waals surface area contributed by atoms with Crippen molar-refractivity contribution in [3.8, 4) is 0 Å². The van der Waals surface area contributed by atoms with Gasteiger partial charge in [0.1, 0.15) is 0 Å². The first kappa shape index (κ1) is 10.0. The highest BCUT2D eigenvalue weighted by molar-refractivity contribution is 4.73. The van der Waals surface area contributed by atoms with Crippen LogP contribution in [0.15, 0.2) is 0 Å². The summed E-state index contributed by atoms with van der Waals surface area (Å²) >= 11 is 0. The summed E-state index contributed by atoms with van der Waals surface area (Å²) in [5.74, 6) is 1.03. The molecule has 1 unspecified atom stereocenters. The summed E-state index contributed by atoms with van der Waals surface area (Å²) in [5, 5.41) is 17.9. The van der Waals surface area contributed by atoms with Crippen LogP contribution in [-0.4, -0.2) is 23.4 Å². The molecule has 2 N–H and O–H groups in total. The van der Waals surface area contributed by atoms with Gasteiger partial charge in [-0.05, 0) is 18.3 Å². The van der Waals surface area contributed by atoms with E-state index < -0.39 is 0 Å². The fraction of sp³-hybridized carbons (Fsp3) is 1.00. The summed E-state index contributed by atoms with van der Waals surface area (Å²) in [7, 11) is 0. The largest absolute Gasteiger partial charge is 0.396 e. The lowest BCUT2D eigenvalue weighted by molar-refractivity contribution is 0.118. The molecule has 1 aliphatic rings. The number of rotatable bonds is 4. The third-order valence-corrected chi connectivity index (χ3v) is 3.05. The van der Waals surface area contributed by atoms with E-state index >= 15 is 0 Å². The Hall–Kier alpha value is -0.0800. The van der Waals surface area contributed by atoms with Gasteiger partial charge < -0.3 is 10.2 Å². The Morgan fingerprint density at radius 2 is 1.75 bits per heavy atom. The zero-order valence-corrected chi connectivity index (χ0v) is 7.71. The van der Waals surface area contributed by atoms with E-state index in [1.165, 1.54) is 32.1 Å². The highest BCUT2D eigenvalue weighted by Crippen LogP contribution is 2.31. The monoisotopic (exact) mass is 172 g/mol. The molecule has 0 aromatic heterocycles. The Bertz CT molecular complexity index is 106. The lowest BCUT2D eigenvalue weighted by Gasteiger charge is -2.28. The van der Waals surface area contributed by atoms with Gasteiger partial charge in [-0.25, -0.2) is 0 Å². The second-order valence-electron chi connectivity index (χ2n) is 3.85. The lowest BCUT2D eigenvalue weighted by atomic mass is 9.79. The average molecular weight is 172 g/mol. The molecule has 0 bridgehead atoms. The highest BCUT2D eigenvalue weighted by Gasteiger charge is 2.22. The first-order valence-corrected chi connectivity index (χ1v) is 5.10. The van der Waals surface area contributed by atoms with Crippen LogP contribution >= 0.6 is 0 Å². The van der Waals surface area contributed by atoms with Gasteiger partial charge in [0, 0.05) is 13.2 Å². The third kappa shape index (κ3) is 2.76. The van der Waals surface area contributed by atoms with Crippen molar-refractivity contribution in [2.45, 2.75) is 38.5 Å². The Morgan fingerprint density at radius 3 is 2.25 bits per heavy atom. The van der Waals surface area contributed by atoms with Gasteiger partial charge in [0.2, 0.25) is 0 Å². The molecule has 0 amide bonds. The van der Waals surface area contributed by atoms with Crippen LogP contribution < -0.4 is 0 Å². The van der Waals surface area contributed by atoms with Gasteiger partial charge in [-0.15, -0.1) is 0 Å². The van der Waals surface area contributed by atoms with E-state index in [4.69, 9.17) is 10.2 Å². The van der Waals surface area contributed by atoms with E-state index in [-0.39, 0.29) is 13.2 Å². The molecule has 1 aliphatic carbocycles. The fourth-order valence-corrected chi connectivity index (χ4v) is 2.25. The number of aliphatic hydroxyl groups excluding tert-OH is 2. The first-order valence-electron chi connectivity index (χ1n) is 5.10. The van der Waals surface area contributed by atoms with Crippen molar-refractivity contribution in [1.82, 2.24) is 0 Å². The van der Waals surface area contributed by atoms with Crippen LogP contribution in [0.1, 0.15) is 38.5 Å². The van der Waals surface area contributed by atoms with E-state index in [0.29, 0.717) is 11.8 Å². The van der Waals surface area contributed by atoms with Crippen molar-refractivity contribution in [2.24, 2.45) is 11.8 Å². The number of hydrogen-bond acceptors (Lipinski definition) is 2. The van der Waals surface area contributed by atoms with Crippen molar-refractivity contribution in [2.75, 3.05) is 13.2 Å². The van der Waals surface area contributed by atoms with Crippen LogP contribution in [0.25, 0.3) is 0 Å². The Labute approximate surface area is 74.6 Å². The summed E-state index contributed by atoms with van der Waals surface area (Å²) in [5.41, 5.74) is 0. The summed E-state index contributed by atoms with van der Waals surface area (Å²) in [6, 6.07) is 0. The van der Waals surface area contributed by atoms with E-state index in [1.807, 2.05) is 0 Å². The molecule has 0 aromatic carbocycles. The van der Waals surface area contributed by atoms with Crippen LogP contribution in [0.3, 0.4) is 0 Å². The predicted molar refractivity (Wildman–Crippen MR) is 48.9 cm³/mol. The van der Waals surface area contributed by atoms with Gasteiger partial charge >= 0.3 is 0 Å². The SMILES string of the molecule is OCCC(CO)C1CCCCC1. The molecule has 12 heavy (non-hydrogen) atoms. The highest BCUT2D eigenvalue weighted by atomic mass is 16.3. The van der Waals surface area contributed by atoms with Crippen LogP contribution in [0, 0.1) is 11.8 Å². The van der Waals surface area contributed by atoms with Crippen LogP contribution in [-0.2, 0) is 0 Å². The van der Waals surface area contributed by atoms with Crippen molar-refractivity contribution >= 4 is 0 Å². The van der Waals surface area contributed by atoms with Gasteiger partial charge in [0.05, 0.1) is 0 Å². The molecule has 1 atom stereocenters. The lowest BCUT2D eigenvalue weighted by Crippen LogP contribution is -2.22. The molecule has 0 aromatic rings. The van der Waals surface area contributed by atoms with Crippen molar-refractivity contribution in [3.05, 3.63) is 0 Å². The Kier molecular flexibility index (Phi) is 4.62. The molecule has 1 fully saturated rings. The van der Waals surface area contributed by atoms with Crippen molar-refractivity contribution in [1.29, 1.82) is 0 Å². The molecule has 1 rings (SSSR count). The van der Waals surface area contributed by atoms with Gasteiger partial charge in [0.15, 0.2) is 0 Å². The van der Waals surface area contributed by atoms with E-state index in [2.05, 4.69) is 0 Å². The fourth-order valence-electron chi connectivity index (χ4n) is 2.25. The normalized spacial score (nSPS) is 22.5. The number of hydrogen-bond donors (Lipinski definition) is 2. The summed E-state index contributed by atoms with van der Waals surface area (Å²) in [6.45, 7) is 0.479. The molecule has 0 saturated heterocycles. The standard InChI is InChI=1S/C10H20O2/c11-7-6-10(8-12)9-4-2-1-3-5-9/h9-12H,1-8H2. The van der Waals surface area contributed by atoms with Gasteiger partial charge in [-0.1, -0.05) is 32.1 Å². The molecule has 0 heterocycles. The van der Waals surface area contributed by atoms with E-state index in [9.17, 15) is 0 Å². The molecular formula is C10H20O2. The zero-order valence-electron chi connectivity index (χ0n) is 7.71. The van der Waals surface area contributed by atoms with Crippen LogP contribution in [0.5, 0.6) is 0 Å². The maximum absolute atomic E-state index is 9.10. The summed E-state index contributed by atoms with van der Waals surface area (Å²) < 4.78 is 0. The predicted octanol–water partition coefficient (Wildman–Crippen LogP) is 1.56. The Balaban J connectivity index is 2.29. The molecule has 0 spiro atoms. The van der Waals surface area contributed by atoms with Crippen LogP contribution in [0.4, 0.5) is 0 Å². The van der Waals surface area contributed by atoms with Gasteiger partial charge in [-0.3, -0.25) is 0 Å². The van der Waals surface area contributed by atoms with Crippen LogP contribution in [0.2, 0.25) is 0 Å². The minimum absolute atomic E-state index is 0.224. The maximum Gasteiger partial charge on any atom is 0.0462 e. The van der Waals surface area contributed by atoms with Crippen molar-refractivity contribution in [3.63, 3.8) is 0 Å². The van der Waals surface area contributed by atoms with Gasteiger partial charge in [-0.2, -0.15) is 0 Å². The molecule has 2 heteroatoms. The second kappa shape index (κ2) is 5.55. The minimum Gasteiger partial charge on any atom is -0.396 e. The van der Waals surface area contributed by atoms with E-state index in [1.54, 1.807) is 0 Å². The maximum atomic E-state index is 9.10. The zero-order chi connectivity index (χ0) is 8.81. The topological polar surface area (TPSA) is 40.5 Å². The molecule has 1 saturated carbocycles. The van der Waals surface area contributed by atoms with Gasteiger partial charge in [0.25, 0.3) is 0 Å². The summed E-state index contributed by atoms with van der Waals surface area (Å²) in [6.07, 6.45) is 7.27. The van der Waals surface area contributed by atoms with E-state index in [0.717, 1.165) is 6.42 Å². The third-order valence-electron chi connectivity index (χ3n) is 3.05. The first-order chi connectivity index (χ1) is 5.88. The Morgan fingerprint density at radius 1 is 1.08 bits per heavy atom. The quantitative estimate of drug-likeness (QED) is 0.675. The molecule has 2 nitrogen and oxygen atoms in total. The molecular weight excluding hydrogens is 152 g/mol. The minimum atomic E-state index is 0.224. The molecule has 0 aliphatic heterocycles. The molecule has 72 valence electrons. The molecule has 0 radical (unpaired) electrons. The van der Waals surface area contributed by atoms with Crippen molar-refractivity contribution < 1.29 is 10.2 Å². The average Bonchev–Trinajstić information content (AvgIpc) is 2.15.